The molecule has 0 unspecified atom stereocenters. The summed E-state index contributed by atoms with van der Waals surface area (Å²) in [7, 11) is 0. The third kappa shape index (κ3) is 9.15. The maximum absolute atomic E-state index is 9.08. The third-order valence-corrected chi connectivity index (χ3v) is 10.4. The van der Waals surface area contributed by atoms with E-state index in [0.717, 1.165) is 24.0 Å². The highest BCUT2D eigenvalue weighted by Crippen LogP contribution is 2.32. The summed E-state index contributed by atoms with van der Waals surface area (Å²) < 4.78 is 0. The Morgan fingerprint density at radius 2 is 0.731 bits per heavy atom. The molecule has 0 bridgehead atoms. The van der Waals surface area contributed by atoms with E-state index in [0.29, 0.717) is 11.1 Å². The molecule has 258 valence electrons. The lowest BCUT2D eigenvalue weighted by Crippen LogP contribution is -1.94. The number of benzene rings is 6. The quantitative estimate of drug-likeness (QED) is 0.108. The molecule has 0 N–H and O–H groups in total. The number of nitrogens with zero attached hydrogens (tertiary/aromatic N) is 2. The van der Waals surface area contributed by atoms with Crippen molar-refractivity contribution in [2.24, 2.45) is 0 Å². The average Bonchev–Trinajstić information content (AvgIpc) is 3.17. The van der Waals surface area contributed by atoms with Crippen LogP contribution < -0.4 is 0 Å². The number of rotatable bonds is 14. The molecule has 0 fully saturated rings. The molecule has 0 aliphatic carbocycles. The largest absolute Gasteiger partial charge is 0.192 e. The minimum Gasteiger partial charge on any atom is -0.192 e. The van der Waals surface area contributed by atoms with Gasteiger partial charge in [-0.2, -0.15) is 10.5 Å². The van der Waals surface area contributed by atoms with Crippen molar-refractivity contribution < 1.29 is 0 Å². The van der Waals surface area contributed by atoms with Crippen molar-refractivity contribution in [3.05, 3.63) is 166 Å². The fourth-order valence-electron chi connectivity index (χ4n) is 7.55. The van der Waals surface area contributed by atoms with Gasteiger partial charge in [0.2, 0.25) is 0 Å². The Hall–Kier alpha value is -5.70. The average molecular weight is 677 g/mol. The second kappa shape index (κ2) is 17.5. The van der Waals surface area contributed by atoms with Crippen LogP contribution in [0.25, 0.3) is 44.5 Å². The van der Waals surface area contributed by atoms with E-state index in [9.17, 15) is 0 Å². The summed E-state index contributed by atoms with van der Waals surface area (Å²) in [6, 6.07) is 49.3. The zero-order valence-corrected chi connectivity index (χ0v) is 30.9. The molecule has 0 amide bonds. The summed E-state index contributed by atoms with van der Waals surface area (Å²) in [5.41, 5.74) is 18.0. The van der Waals surface area contributed by atoms with Crippen molar-refractivity contribution in [2.75, 3.05) is 0 Å². The van der Waals surface area contributed by atoms with Crippen LogP contribution in [0.4, 0.5) is 0 Å². The summed E-state index contributed by atoms with van der Waals surface area (Å²) in [5.74, 6) is 0. The monoisotopic (exact) mass is 676 g/mol. The number of unbranched alkanes of at least 4 members (excludes halogenated alkanes) is 6. The molecule has 0 heterocycles. The van der Waals surface area contributed by atoms with Crippen LogP contribution in [-0.4, -0.2) is 0 Å². The van der Waals surface area contributed by atoms with E-state index in [-0.39, 0.29) is 0 Å². The number of hydrogen-bond acceptors (Lipinski definition) is 2. The Morgan fingerprint density at radius 3 is 1.17 bits per heavy atom. The van der Waals surface area contributed by atoms with Gasteiger partial charge in [-0.05, 0) is 143 Å². The van der Waals surface area contributed by atoms with Gasteiger partial charge in [0.25, 0.3) is 0 Å². The van der Waals surface area contributed by atoms with Crippen molar-refractivity contribution >= 4 is 0 Å². The Labute approximate surface area is 311 Å². The van der Waals surface area contributed by atoms with Crippen LogP contribution in [0.1, 0.15) is 83.9 Å². The van der Waals surface area contributed by atoms with Gasteiger partial charge in [-0.1, -0.05) is 135 Å². The van der Waals surface area contributed by atoms with Gasteiger partial charge in [0, 0.05) is 0 Å². The molecule has 0 atom stereocenters. The van der Waals surface area contributed by atoms with E-state index >= 15 is 0 Å². The Bertz CT molecular complexity index is 2150. The van der Waals surface area contributed by atoms with Gasteiger partial charge in [0.05, 0.1) is 23.3 Å². The molecule has 0 spiro atoms. The third-order valence-electron chi connectivity index (χ3n) is 10.4. The predicted molar refractivity (Wildman–Crippen MR) is 218 cm³/mol. The van der Waals surface area contributed by atoms with E-state index in [1.165, 1.54) is 106 Å². The first-order chi connectivity index (χ1) is 25.4. The summed E-state index contributed by atoms with van der Waals surface area (Å²) in [4.78, 5) is 0. The molecular weight excluding hydrogens is 629 g/mol. The van der Waals surface area contributed by atoms with Crippen molar-refractivity contribution in [3.8, 4) is 56.6 Å². The van der Waals surface area contributed by atoms with E-state index in [4.69, 9.17) is 10.5 Å². The lowest BCUT2D eigenvalue weighted by Gasteiger charge is -2.14. The molecule has 2 nitrogen and oxygen atoms in total. The van der Waals surface area contributed by atoms with Crippen molar-refractivity contribution in [1.82, 2.24) is 0 Å². The van der Waals surface area contributed by atoms with Gasteiger partial charge in [-0.15, -0.1) is 0 Å². The second-order valence-electron chi connectivity index (χ2n) is 14.3. The molecule has 2 heteroatoms. The molecule has 6 aromatic rings. The zero-order chi connectivity index (χ0) is 36.3. The van der Waals surface area contributed by atoms with E-state index in [1.807, 2.05) is 48.5 Å². The lowest BCUT2D eigenvalue weighted by molar-refractivity contribution is 0.579. The molecule has 0 saturated carbocycles. The molecule has 6 aromatic carbocycles. The molecule has 0 radical (unpaired) electrons. The highest BCUT2D eigenvalue weighted by atomic mass is 14.2. The standard InChI is InChI=1S/C50H48N2/c1-36-31-39(17-30-49(36)47-26-22-45(23-27-47)43-18-13-40(34-51)14-19-43)11-9-7-5-4-6-8-10-12-42-32-37(2)50(38(3)33-42)48-28-24-46(25-29-48)44-20-15-41(35-52)16-21-44/h13-33H,4-12H2,1-3H3. The van der Waals surface area contributed by atoms with Crippen LogP contribution in [0.2, 0.25) is 0 Å². The van der Waals surface area contributed by atoms with Crippen LogP contribution in [0.15, 0.2) is 127 Å². The highest BCUT2D eigenvalue weighted by Gasteiger charge is 2.10. The summed E-state index contributed by atoms with van der Waals surface area (Å²) in [6.07, 6.45) is 11.4. The van der Waals surface area contributed by atoms with Crippen LogP contribution in [0.5, 0.6) is 0 Å². The highest BCUT2D eigenvalue weighted by molar-refractivity contribution is 5.75. The lowest BCUT2D eigenvalue weighted by atomic mass is 9.91. The van der Waals surface area contributed by atoms with Crippen LogP contribution in [0, 0.1) is 43.4 Å². The van der Waals surface area contributed by atoms with Gasteiger partial charge in [0.15, 0.2) is 0 Å². The molecule has 6 rings (SSSR count). The molecular formula is C50H48N2. The number of aryl methyl sites for hydroxylation is 5. The van der Waals surface area contributed by atoms with E-state index in [2.05, 4.69) is 112 Å². The topological polar surface area (TPSA) is 47.6 Å². The van der Waals surface area contributed by atoms with Crippen molar-refractivity contribution in [3.63, 3.8) is 0 Å². The predicted octanol–water partition coefficient (Wildman–Crippen LogP) is 13.5. The first-order valence-corrected chi connectivity index (χ1v) is 18.8. The maximum Gasteiger partial charge on any atom is 0.0991 e. The van der Waals surface area contributed by atoms with Crippen molar-refractivity contribution in [2.45, 2.75) is 78.6 Å². The first-order valence-electron chi connectivity index (χ1n) is 18.8. The molecule has 0 aliphatic rings. The Morgan fingerprint density at radius 1 is 0.365 bits per heavy atom. The molecule has 0 aromatic heterocycles. The number of hydrogen-bond donors (Lipinski definition) is 0. The van der Waals surface area contributed by atoms with Gasteiger partial charge in [-0.25, -0.2) is 0 Å². The molecule has 0 aliphatic heterocycles. The van der Waals surface area contributed by atoms with Crippen LogP contribution in [-0.2, 0) is 12.8 Å². The summed E-state index contributed by atoms with van der Waals surface area (Å²) in [5, 5.41) is 18.1. The fourth-order valence-corrected chi connectivity index (χ4v) is 7.55. The smallest absolute Gasteiger partial charge is 0.0991 e. The van der Waals surface area contributed by atoms with Crippen LogP contribution in [0.3, 0.4) is 0 Å². The SMILES string of the molecule is Cc1cc(CCCCCCCCCc2cc(C)c(-c3ccc(-c4ccc(C#N)cc4)cc3)c(C)c2)ccc1-c1ccc(-c2ccc(C#N)cc2)cc1. The van der Waals surface area contributed by atoms with Gasteiger partial charge in [-0.3, -0.25) is 0 Å². The van der Waals surface area contributed by atoms with E-state index < -0.39 is 0 Å². The fraction of sp³-hybridized carbons (Fsp3) is 0.240. The Kier molecular flexibility index (Phi) is 12.1. The number of nitriles is 2. The van der Waals surface area contributed by atoms with E-state index in [1.54, 1.807) is 0 Å². The summed E-state index contributed by atoms with van der Waals surface area (Å²) >= 11 is 0. The normalized spacial score (nSPS) is 10.9. The van der Waals surface area contributed by atoms with Crippen LogP contribution >= 0.6 is 0 Å². The minimum absolute atomic E-state index is 0.688. The van der Waals surface area contributed by atoms with Gasteiger partial charge < -0.3 is 0 Å². The van der Waals surface area contributed by atoms with Crippen molar-refractivity contribution in [1.29, 1.82) is 10.5 Å². The Balaban J connectivity index is 0.892. The molecule has 0 saturated heterocycles. The molecule has 52 heavy (non-hydrogen) atoms. The second-order valence-corrected chi connectivity index (χ2v) is 14.3. The minimum atomic E-state index is 0.688. The first kappa shape index (κ1) is 36.1. The van der Waals surface area contributed by atoms with Gasteiger partial charge in [0.1, 0.15) is 0 Å². The van der Waals surface area contributed by atoms with Gasteiger partial charge >= 0.3 is 0 Å². The maximum atomic E-state index is 9.08. The summed E-state index contributed by atoms with van der Waals surface area (Å²) in [6.45, 7) is 6.72. The zero-order valence-electron chi connectivity index (χ0n) is 30.9.